The van der Waals surface area contributed by atoms with Crippen molar-refractivity contribution >= 4 is 12.4 Å². The van der Waals surface area contributed by atoms with E-state index in [1.54, 1.807) is 39.4 Å². The summed E-state index contributed by atoms with van der Waals surface area (Å²) in [4.78, 5) is 4.05. The monoisotopic (exact) mass is 295 g/mol. The number of halogens is 1. The lowest BCUT2D eigenvalue weighted by atomic mass is 9.94. The zero-order valence-electron chi connectivity index (χ0n) is 11.6. The van der Waals surface area contributed by atoms with Crippen LogP contribution in [-0.2, 0) is 4.74 Å². The molecule has 0 saturated heterocycles. The van der Waals surface area contributed by atoms with Crippen LogP contribution in [0.25, 0.3) is 0 Å². The standard InChI is InChI=1S/C15H17NO3.ClH/c1-9-7-12(17)13(10(2)14(9)18)15(19-3)11-5-4-6-16-8-11;/h4-8,15,17-18H,1-3H3;1H. The molecular formula is C15H18ClNO3. The number of phenols is 2. The summed E-state index contributed by atoms with van der Waals surface area (Å²) in [5.74, 6) is 0.294. The van der Waals surface area contributed by atoms with E-state index in [-0.39, 0.29) is 23.9 Å². The maximum Gasteiger partial charge on any atom is 0.122 e. The van der Waals surface area contributed by atoms with Crippen molar-refractivity contribution in [2.24, 2.45) is 0 Å². The number of aromatic hydroxyl groups is 2. The lowest BCUT2D eigenvalue weighted by Gasteiger charge is -2.21. The Morgan fingerprint density at radius 2 is 1.95 bits per heavy atom. The Bertz CT molecular complexity index is 587. The first kappa shape index (κ1) is 16.3. The molecule has 1 aromatic heterocycles. The van der Waals surface area contributed by atoms with E-state index in [0.717, 1.165) is 5.56 Å². The highest BCUT2D eigenvalue weighted by Gasteiger charge is 2.22. The van der Waals surface area contributed by atoms with Gasteiger partial charge in [-0.05, 0) is 31.5 Å². The summed E-state index contributed by atoms with van der Waals surface area (Å²) in [5.41, 5.74) is 2.65. The largest absolute Gasteiger partial charge is 0.508 e. The Labute approximate surface area is 124 Å². The summed E-state index contributed by atoms with van der Waals surface area (Å²) in [6.45, 7) is 3.51. The van der Waals surface area contributed by atoms with Gasteiger partial charge in [0.1, 0.15) is 17.6 Å². The molecule has 0 amide bonds. The highest BCUT2D eigenvalue weighted by Crippen LogP contribution is 2.39. The average Bonchev–Trinajstić information content (AvgIpc) is 2.42. The van der Waals surface area contributed by atoms with E-state index >= 15 is 0 Å². The van der Waals surface area contributed by atoms with Crippen LogP contribution < -0.4 is 0 Å². The molecule has 0 saturated carbocycles. The minimum atomic E-state index is -0.458. The van der Waals surface area contributed by atoms with Crippen LogP contribution in [0.4, 0.5) is 0 Å². The highest BCUT2D eigenvalue weighted by molar-refractivity contribution is 5.85. The summed E-state index contributed by atoms with van der Waals surface area (Å²) in [7, 11) is 1.56. The molecule has 2 rings (SSSR count). The molecule has 1 aromatic carbocycles. The molecule has 20 heavy (non-hydrogen) atoms. The Balaban J connectivity index is 0.00000200. The van der Waals surface area contributed by atoms with Gasteiger partial charge in [0.15, 0.2) is 0 Å². The number of rotatable bonds is 3. The van der Waals surface area contributed by atoms with E-state index < -0.39 is 6.10 Å². The Morgan fingerprint density at radius 1 is 1.25 bits per heavy atom. The van der Waals surface area contributed by atoms with Crippen molar-refractivity contribution in [1.82, 2.24) is 4.98 Å². The molecular weight excluding hydrogens is 278 g/mol. The first-order valence-corrected chi connectivity index (χ1v) is 6.01. The Hall–Kier alpha value is -1.78. The third-order valence-corrected chi connectivity index (χ3v) is 3.25. The average molecular weight is 296 g/mol. The molecule has 5 heteroatoms. The zero-order valence-corrected chi connectivity index (χ0v) is 12.4. The predicted molar refractivity (Wildman–Crippen MR) is 79.6 cm³/mol. The molecule has 0 radical (unpaired) electrons. The van der Waals surface area contributed by atoms with Crippen LogP contribution in [-0.4, -0.2) is 22.3 Å². The van der Waals surface area contributed by atoms with Crippen LogP contribution in [0.5, 0.6) is 11.5 Å². The fourth-order valence-electron chi connectivity index (χ4n) is 2.25. The molecule has 0 bridgehead atoms. The number of aryl methyl sites for hydroxylation is 1. The van der Waals surface area contributed by atoms with Crippen LogP contribution in [0.2, 0.25) is 0 Å². The molecule has 0 aliphatic heterocycles. The Morgan fingerprint density at radius 3 is 2.50 bits per heavy atom. The van der Waals surface area contributed by atoms with E-state index in [4.69, 9.17) is 4.74 Å². The van der Waals surface area contributed by atoms with Gasteiger partial charge in [0, 0.05) is 36.2 Å². The fraction of sp³-hybridized carbons (Fsp3) is 0.267. The van der Waals surface area contributed by atoms with Gasteiger partial charge in [-0.25, -0.2) is 0 Å². The molecule has 4 nitrogen and oxygen atoms in total. The van der Waals surface area contributed by atoms with Crippen molar-refractivity contribution in [3.8, 4) is 11.5 Å². The molecule has 0 fully saturated rings. The summed E-state index contributed by atoms with van der Waals surface area (Å²) < 4.78 is 5.47. The fourth-order valence-corrected chi connectivity index (χ4v) is 2.25. The third-order valence-electron chi connectivity index (χ3n) is 3.25. The second-order valence-corrected chi connectivity index (χ2v) is 4.50. The van der Waals surface area contributed by atoms with Gasteiger partial charge in [0.2, 0.25) is 0 Å². The van der Waals surface area contributed by atoms with Crippen molar-refractivity contribution in [3.05, 3.63) is 52.8 Å². The van der Waals surface area contributed by atoms with Crippen LogP contribution in [0.15, 0.2) is 30.6 Å². The van der Waals surface area contributed by atoms with Crippen molar-refractivity contribution in [2.75, 3.05) is 7.11 Å². The number of benzene rings is 1. The maximum atomic E-state index is 10.1. The number of aromatic nitrogens is 1. The first-order valence-electron chi connectivity index (χ1n) is 6.01. The molecule has 0 spiro atoms. The van der Waals surface area contributed by atoms with Crippen molar-refractivity contribution < 1.29 is 14.9 Å². The maximum absolute atomic E-state index is 10.1. The van der Waals surface area contributed by atoms with Crippen molar-refractivity contribution in [1.29, 1.82) is 0 Å². The summed E-state index contributed by atoms with van der Waals surface area (Å²) in [5, 5.41) is 20.2. The summed E-state index contributed by atoms with van der Waals surface area (Å²) in [6.07, 6.45) is 2.90. The van der Waals surface area contributed by atoms with Crippen LogP contribution in [0.3, 0.4) is 0 Å². The first-order chi connectivity index (χ1) is 9.06. The number of phenolic OH excluding ortho intramolecular Hbond substituents is 2. The number of ether oxygens (including phenoxy) is 1. The van der Waals surface area contributed by atoms with Gasteiger partial charge < -0.3 is 14.9 Å². The topological polar surface area (TPSA) is 62.6 Å². The van der Waals surface area contributed by atoms with Crippen molar-refractivity contribution in [2.45, 2.75) is 20.0 Å². The summed E-state index contributed by atoms with van der Waals surface area (Å²) >= 11 is 0. The molecule has 2 aromatic rings. The van der Waals surface area contributed by atoms with E-state index in [0.29, 0.717) is 16.7 Å². The van der Waals surface area contributed by atoms with Crippen molar-refractivity contribution in [3.63, 3.8) is 0 Å². The molecule has 0 aliphatic carbocycles. The molecule has 1 unspecified atom stereocenters. The van der Waals surface area contributed by atoms with Gasteiger partial charge in [0.25, 0.3) is 0 Å². The van der Waals surface area contributed by atoms with E-state index in [1.807, 2.05) is 12.1 Å². The van der Waals surface area contributed by atoms with E-state index in [1.165, 1.54) is 0 Å². The quantitative estimate of drug-likeness (QED) is 0.853. The van der Waals surface area contributed by atoms with Gasteiger partial charge in [0.05, 0.1) is 0 Å². The van der Waals surface area contributed by atoms with Gasteiger partial charge in [-0.2, -0.15) is 0 Å². The Kier molecular flexibility index (Phi) is 5.36. The number of hydrogen-bond donors (Lipinski definition) is 2. The smallest absolute Gasteiger partial charge is 0.122 e. The number of hydrogen-bond acceptors (Lipinski definition) is 4. The lowest BCUT2D eigenvalue weighted by molar-refractivity contribution is 0.132. The van der Waals surface area contributed by atoms with Gasteiger partial charge >= 0.3 is 0 Å². The van der Waals surface area contributed by atoms with Gasteiger partial charge in [-0.15, -0.1) is 12.4 Å². The van der Waals surface area contributed by atoms with E-state index in [9.17, 15) is 10.2 Å². The zero-order chi connectivity index (χ0) is 14.0. The molecule has 108 valence electrons. The minimum absolute atomic E-state index is 0. The second kappa shape index (κ2) is 6.59. The molecule has 2 N–H and O–H groups in total. The van der Waals surface area contributed by atoms with Gasteiger partial charge in [-0.3, -0.25) is 4.98 Å². The third kappa shape index (κ3) is 2.86. The van der Waals surface area contributed by atoms with E-state index in [2.05, 4.69) is 4.98 Å². The normalized spacial score (nSPS) is 11.8. The number of pyridine rings is 1. The molecule has 1 heterocycles. The minimum Gasteiger partial charge on any atom is -0.508 e. The lowest BCUT2D eigenvalue weighted by Crippen LogP contribution is -2.07. The molecule has 0 aliphatic rings. The van der Waals surface area contributed by atoms with Crippen LogP contribution >= 0.6 is 12.4 Å². The highest BCUT2D eigenvalue weighted by atomic mass is 35.5. The van der Waals surface area contributed by atoms with Crippen LogP contribution in [0.1, 0.15) is 28.4 Å². The predicted octanol–water partition coefficient (Wildman–Crippen LogP) is 3.27. The molecule has 1 atom stereocenters. The second-order valence-electron chi connectivity index (χ2n) is 4.50. The number of methoxy groups -OCH3 is 1. The van der Waals surface area contributed by atoms with Crippen LogP contribution in [0, 0.1) is 13.8 Å². The number of nitrogens with zero attached hydrogens (tertiary/aromatic N) is 1. The SMILES string of the molecule is COC(c1cccnc1)c1c(O)cc(C)c(O)c1C.Cl. The summed E-state index contributed by atoms with van der Waals surface area (Å²) in [6, 6.07) is 5.22. The van der Waals surface area contributed by atoms with Gasteiger partial charge in [-0.1, -0.05) is 6.07 Å².